The average molecular weight is 597 g/mol. The Balaban J connectivity index is 1.18. The maximum absolute atomic E-state index is 12.2. The van der Waals surface area contributed by atoms with Crippen molar-refractivity contribution >= 4 is 45.1 Å². The highest BCUT2D eigenvalue weighted by molar-refractivity contribution is 5.91. The highest BCUT2D eigenvalue weighted by Gasteiger charge is 2.11. The summed E-state index contributed by atoms with van der Waals surface area (Å²) in [5, 5.41) is 4.60. The molecule has 6 aromatic rings. The summed E-state index contributed by atoms with van der Waals surface area (Å²) in [6.45, 7) is 5.47. The zero-order valence-electron chi connectivity index (χ0n) is 26.0. The lowest BCUT2D eigenvalue weighted by Gasteiger charge is -2.15. The third-order valence-corrected chi connectivity index (χ3v) is 8.42. The molecule has 6 rings (SSSR count). The second kappa shape index (κ2) is 12.7. The van der Waals surface area contributed by atoms with Crippen molar-refractivity contribution in [2.45, 2.75) is 20.3 Å². The first-order valence-electron chi connectivity index (χ1n) is 15.2. The summed E-state index contributed by atoms with van der Waals surface area (Å²) in [5.41, 5.74) is 6.76. The molecule has 0 saturated carbocycles. The van der Waals surface area contributed by atoms with Crippen molar-refractivity contribution in [2.75, 3.05) is 37.0 Å². The zero-order chi connectivity index (χ0) is 31.5. The fourth-order valence-corrected chi connectivity index (χ4v) is 5.50. The van der Waals surface area contributed by atoms with Gasteiger partial charge in [0.25, 0.3) is 0 Å². The molecular weight excluding hydrogens is 560 g/mol. The van der Waals surface area contributed by atoms with E-state index in [0.29, 0.717) is 17.8 Å². The Kier molecular flexibility index (Phi) is 8.39. The molecule has 0 radical (unpaired) electrons. The molecule has 6 heteroatoms. The van der Waals surface area contributed by atoms with Crippen molar-refractivity contribution in [1.82, 2.24) is 0 Å². The number of benzene rings is 4. The molecule has 2 aromatic heterocycles. The predicted octanol–water partition coefficient (Wildman–Crippen LogP) is 8.24. The number of anilines is 2. The van der Waals surface area contributed by atoms with Crippen molar-refractivity contribution in [2.24, 2.45) is 0 Å². The molecule has 0 fully saturated rings. The van der Waals surface area contributed by atoms with E-state index in [9.17, 15) is 9.59 Å². The van der Waals surface area contributed by atoms with Gasteiger partial charge in [0.15, 0.2) is 0 Å². The molecule has 0 amide bonds. The molecule has 4 aromatic carbocycles. The van der Waals surface area contributed by atoms with Crippen molar-refractivity contribution in [3.05, 3.63) is 141 Å². The second-order valence-corrected chi connectivity index (χ2v) is 11.4. The van der Waals surface area contributed by atoms with Gasteiger partial charge in [-0.05, 0) is 93.5 Å². The lowest BCUT2D eigenvalue weighted by molar-refractivity contribution is 0.504. The predicted molar refractivity (Wildman–Crippen MR) is 186 cm³/mol. The van der Waals surface area contributed by atoms with Crippen LogP contribution in [0.15, 0.2) is 116 Å². The van der Waals surface area contributed by atoms with Gasteiger partial charge in [0.05, 0.1) is 6.26 Å². The SMILES string of the molecule is CCN(C)c1cc(Cc2ccc3cc(/C=C/c4ccc5cc(-c6coc(=O)c(N(C)CC)c6)ccc5c4)ccc3c2)coc1=O. The molecule has 45 heavy (non-hydrogen) atoms. The van der Waals surface area contributed by atoms with Gasteiger partial charge in [-0.2, -0.15) is 0 Å². The quantitative estimate of drug-likeness (QED) is 0.157. The average Bonchev–Trinajstić information content (AvgIpc) is 3.07. The van der Waals surface area contributed by atoms with Crippen LogP contribution >= 0.6 is 0 Å². The molecule has 0 aliphatic carbocycles. The van der Waals surface area contributed by atoms with Gasteiger partial charge in [-0.25, -0.2) is 9.59 Å². The van der Waals surface area contributed by atoms with Crippen LogP contribution in [0.3, 0.4) is 0 Å². The van der Waals surface area contributed by atoms with E-state index < -0.39 is 0 Å². The molecule has 0 bridgehead atoms. The van der Waals surface area contributed by atoms with Crippen molar-refractivity contribution in [3.8, 4) is 11.1 Å². The fraction of sp³-hybridized carbons (Fsp3) is 0.179. The van der Waals surface area contributed by atoms with Gasteiger partial charge in [-0.15, -0.1) is 0 Å². The normalized spacial score (nSPS) is 11.5. The third-order valence-electron chi connectivity index (χ3n) is 8.42. The molecule has 0 unspecified atom stereocenters. The third kappa shape index (κ3) is 6.46. The monoisotopic (exact) mass is 596 g/mol. The van der Waals surface area contributed by atoms with Crippen LogP contribution in [0.5, 0.6) is 0 Å². The van der Waals surface area contributed by atoms with Gasteiger partial charge in [-0.1, -0.05) is 66.7 Å². The van der Waals surface area contributed by atoms with Gasteiger partial charge in [-0.3, -0.25) is 0 Å². The number of hydrogen-bond acceptors (Lipinski definition) is 6. The van der Waals surface area contributed by atoms with Gasteiger partial charge in [0.1, 0.15) is 17.6 Å². The number of fused-ring (bicyclic) bond motifs is 2. The molecule has 0 spiro atoms. The van der Waals surface area contributed by atoms with E-state index in [0.717, 1.165) is 57.2 Å². The maximum atomic E-state index is 12.2. The van der Waals surface area contributed by atoms with Gasteiger partial charge < -0.3 is 18.6 Å². The van der Waals surface area contributed by atoms with Crippen LogP contribution in [-0.2, 0) is 6.42 Å². The van der Waals surface area contributed by atoms with E-state index in [1.807, 2.05) is 49.9 Å². The standard InChI is InChI=1S/C39H36N2O4/c1-5-40(3)36-21-29(24-44-38(36)42)17-28-11-14-30-18-26(9-12-31(30)20-28)7-8-27-10-13-33-22-34(16-15-32(33)19-27)35-23-37(41(4)6-2)39(43)45-25-35/h7-16,18-25H,5-6,17H2,1-4H3/b8-7+. The first kappa shape index (κ1) is 29.7. The van der Waals surface area contributed by atoms with Crippen molar-refractivity contribution < 1.29 is 8.83 Å². The zero-order valence-corrected chi connectivity index (χ0v) is 26.0. The van der Waals surface area contributed by atoms with Crippen LogP contribution in [0.25, 0.3) is 44.8 Å². The van der Waals surface area contributed by atoms with Gasteiger partial charge in [0.2, 0.25) is 0 Å². The van der Waals surface area contributed by atoms with E-state index in [-0.39, 0.29) is 11.3 Å². The van der Waals surface area contributed by atoms with E-state index in [4.69, 9.17) is 8.83 Å². The number of nitrogens with zero attached hydrogens (tertiary/aromatic N) is 2. The van der Waals surface area contributed by atoms with Crippen molar-refractivity contribution in [1.29, 1.82) is 0 Å². The summed E-state index contributed by atoms with van der Waals surface area (Å²) in [4.78, 5) is 28.1. The molecule has 0 saturated heterocycles. The molecule has 0 N–H and O–H groups in total. The number of hydrogen-bond donors (Lipinski definition) is 0. The summed E-state index contributed by atoms with van der Waals surface area (Å²) in [5.74, 6) is 0. The Morgan fingerprint density at radius 2 is 1.09 bits per heavy atom. The maximum Gasteiger partial charge on any atom is 0.359 e. The summed E-state index contributed by atoms with van der Waals surface area (Å²) >= 11 is 0. The van der Waals surface area contributed by atoms with Gasteiger partial charge in [0, 0.05) is 39.2 Å². The van der Waals surface area contributed by atoms with Crippen molar-refractivity contribution in [3.63, 3.8) is 0 Å². The van der Waals surface area contributed by atoms with Crippen LogP contribution in [0.1, 0.15) is 36.1 Å². The topological polar surface area (TPSA) is 66.9 Å². The Morgan fingerprint density at radius 3 is 1.73 bits per heavy atom. The van der Waals surface area contributed by atoms with Crippen LogP contribution in [0, 0.1) is 0 Å². The molecule has 0 aliphatic heterocycles. The summed E-state index contributed by atoms with van der Waals surface area (Å²) in [7, 11) is 3.78. The van der Waals surface area contributed by atoms with Gasteiger partial charge >= 0.3 is 11.3 Å². The second-order valence-electron chi connectivity index (χ2n) is 11.4. The minimum atomic E-state index is -0.328. The number of rotatable bonds is 9. The molecule has 6 nitrogen and oxygen atoms in total. The summed E-state index contributed by atoms with van der Waals surface area (Å²) in [6.07, 6.45) is 8.05. The minimum absolute atomic E-state index is 0.311. The fourth-order valence-electron chi connectivity index (χ4n) is 5.50. The van der Waals surface area contributed by atoms with E-state index >= 15 is 0 Å². The molecule has 226 valence electrons. The molecule has 2 heterocycles. The smallest absolute Gasteiger partial charge is 0.359 e. The lowest BCUT2D eigenvalue weighted by Crippen LogP contribution is -2.22. The van der Waals surface area contributed by atoms with E-state index in [1.54, 1.807) is 6.26 Å². The Bertz CT molecular complexity index is 2160. The van der Waals surface area contributed by atoms with Crippen LogP contribution < -0.4 is 21.1 Å². The van der Waals surface area contributed by atoms with E-state index in [1.165, 1.54) is 17.0 Å². The summed E-state index contributed by atoms with van der Waals surface area (Å²) < 4.78 is 10.6. The Hall–Kier alpha value is -5.36. The van der Waals surface area contributed by atoms with Crippen LogP contribution in [0.2, 0.25) is 0 Å². The van der Waals surface area contributed by atoms with Crippen LogP contribution in [0.4, 0.5) is 11.4 Å². The first-order valence-corrected chi connectivity index (χ1v) is 15.2. The summed E-state index contributed by atoms with van der Waals surface area (Å²) in [6, 6.07) is 29.5. The Morgan fingerprint density at radius 1 is 0.556 bits per heavy atom. The van der Waals surface area contributed by atoms with Crippen LogP contribution in [-0.4, -0.2) is 27.2 Å². The largest absolute Gasteiger partial charge is 0.430 e. The highest BCUT2D eigenvalue weighted by Crippen LogP contribution is 2.28. The highest BCUT2D eigenvalue weighted by atomic mass is 16.4. The molecular formula is C39H36N2O4. The first-order chi connectivity index (χ1) is 21.8. The van der Waals surface area contributed by atoms with E-state index in [2.05, 4.69) is 84.9 Å². The molecule has 0 aliphatic rings. The Labute approximate surface area is 262 Å². The minimum Gasteiger partial charge on any atom is -0.430 e. The lowest BCUT2D eigenvalue weighted by atomic mass is 9.99. The molecule has 0 atom stereocenters.